The summed E-state index contributed by atoms with van der Waals surface area (Å²) in [5.74, 6) is 0.256. The third-order valence-corrected chi connectivity index (χ3v) is 4.18. The summed E-state index contributed by atoms with van der Waals surface area (Å²) in [6, 6.07) is 17.5. The molecule has 6 nitrogen and oxygen atoms in total. The van der Waals surface area contributed by atoms with Crippen LogP contribution in [-0.4, -0.2) is 20.1 Å². The Morgan fingerprint density at radius 1 is 0.963 bits per heavy atom. The lowest BCUT2D eigenvalue weighted by molar-refractivity contribution is 0.433. The van der Waals surface area contributed by atoms with Gasteiger partial charge >= 0.3 is 0 Å². The van der Waals surface area contributed by atoms with Gasteiger partial charge in [-0.1, -0.05) is 35.5 Å². The molecule has 0 saturated carbocycles. The van der Waals surface area contributed by atoms with Crippen LogP contribution in [0.3, 0.4) is 0 Å². The first-order valence-corrected chi connectivity index (χ1v) is 8.45. The fourth-order valence-corrected chi connectivity index (χ4v) is 2.68. The summed E-state index contributed by atoms with van der Waals surface area (Å²) in [6.45, 7) is 1.81. The van der Waals surface area contributed by atoms with Crippen LogP contribution in [-0.2, 0) is 0 Å². The van der Waals surface area contributed by atoms with Gasteiger partial charge in [0.2, 0.25) is 0 Å². The van der Waals surface area contributed by atoms with E-state index < -0.39 is 0 Å². The number of hydrogen-bond donors (Lipinski definition) is 0. The Morgan fingerprint density at radius 2 is 1.78 bits per heavy atom. The molecule has 0 aliphatic rings. The van der Waals surface area contributed by atoms with Crippen LogP contribution in [0.25, 0.3) is 34.0 Å². The first kappa shape index (κ1) is 16.6. The van der Waals surface area contributed by atoms with Gasteiger partial charge in [-0.15, -0.1) is 0 Å². The second-order valence-corrected chi connectivity index (χ2v) is 6.05. The van der Waals surface area contributed by atoms with Gasteiger partial charge < -0.3 is 4.52 Å². The van der Waals surface area contributed by atoms with Gasteiger partial charge in [0, 0.05) is 23.4 Å². The molecule has 0 amide bonds. The number of rotatable bonds is 4. The third kappa shape index (κ3) is 3.44. The highest BCUT2D eigenvalue weighted by Gasteiger charge is 2.13. The molecule has 27 heavy (non-hydrogen) atoms. The van der Waals surface area contributed by atoms with E-state index in [0.717, 1.165) is 16.8 Å². The molecule has 0 aliphatic heterocycles. The Labute approximate surface area is 156 Å². The van der Waals surface area contributed by atoms with Crippen LogP contribution in [0.1, 0.15) is 18.5 Å². The molecule has 1 aromatic carbocycles. The van der Waals surface area contributed by atoms with Crippen LogP contribution in [0.4, 0.5) is 0 Å². The minimum absolute atomic E-state index is 0.288. The predicted octanol–water partition coefficient (Wildman–Crippen LogP) is 4.49. The summed E-state index contributed by atoms with van der Waals surface area (Å²) in [5.41, 5.74) is 4.54. The lowest BCUT2D eigenvalue weighted by atomic mass is 10.1. The number of nitrogens with zero attached hydrogens (tertiary/aromatic N) is 5. The monoisotopic (exact) mass is 353 g/mol. The molecule has 3 heterocycles. The SMILES string of the molecule is CC(C#N)c1cc(-c2cncc(-c3cc(-c4ccccc4)no3)n2)ccn1. The average molecular weight is 353 g/mol. The molecule has 0 aliphatic carbocycles. The molecule has 0 radical (unpaired) electrons. The van der Waals surface area contributed by atoms with Crippen molar-refractivity contribution in [1.29, 1.82) is 5.26 Å². The molecule has 3 aromatic heterocycles. The average Bonchev–Trinajstić information content (AvgIpc) is 3.24. The van der Waals surface area contributed by atoms with Crippen LogP contribution in [0, 0.1) is 11.3 Å². The van der Waals surface area contributed by atoms with Gasteiger partial charge in [0.1, 0.15) is 11.4 Å². The Morgan fingerprint density at radius 3 is 2.59 bits per heavy atom. The maximum absolute atomic E-state index is 9.10. The van der Waals surface area contributed by atoms with E-state index in [0.29, 0.717) is 22.8 Å². The highest BCUT2D eigenvalue weighted by molar-refractivity contribution is 5.66. The van der Waals surface area contributed by atoms with Gasteiger partial charge in [-0.2, -0.15) is 5.26 Å². The highest BCUT2D eigenvalue weighted by Crippen LogP contribution is 2.26. The number of aromatic nitrogens is 4. The molecular weight excluding hydrogens is 338 g/mol. The van der Waals surface area contributed by atoms with Gasteiger partial charge in [0.05, 0.1) is 35.8 Å². The Hall–Kier alpha value is -3.85. The molecule has 6 heteroatoms. The first-order valence-electron chi connectivity index (χ1n) is 8.45. The van der Waals surface area contributed by atoms with Gasteiger partial charge in [-0.25, -0.2) is 4.98 Å². The largest absolute Gasteiger partial charge is 0.354 e. The van der Waals surface area contributed by atoms with Crippen molar-refractivity contribution in [2.75, 3.05) is 0 Å². The Kier molecular flexibility index (Phi) is 4.42. The summed E-state index contributed by atoms with van der Waals surface area (Å²) in [7, 11) is 0. The van der Waals surface area contributed by atoms with E-state index >= 15 is 0 Å². The van der Waals surface area contributed by atoms with E-state index in [4.69, 9.17) is 9.78 Å². The van der Waals surface area contributed by atoms with E-state index in [-0.39, 0.29) is 5.92 Å². The van der Waals surface area contributed by atoms with Crippen molar-refractivity contribution < 1.29 is 4.52 Å². The zero-order valence-corrected chi connectivity index (χ0v) is 14.6. The maximum Gasteiger partial charge on any atom is 0.187 e. The third-order valence-electron chi connectivity index (χ3n) is 4.18. The number of hydrogen-bond acceptors (Lipinski definition) is 6. The van der Waals surface area contributed by atoms with Gasteiger partial charge in [-0.3, -0.25) is 9.97 Å². The fraction of sp³-hybridized carbons (Fsp3) is 0.0952. The zero-order valence-electron chi connectivity index (χ0n) is 14.6. The molecule has 4 rings (SSSR count). The fourth-order valence-electron chi connectivity index (χ4n) is 2.68. The summed E-state index contributed by atoms with van der Waals surface area (Å²) in [4.78, 5) is 13.2. The molecule has 1 unspecified atom stereocenters. The normalized spacial score (nSPS) is 11.7. The molecular formula is C21H15N5O. The van der Waals surface area contributed by atoms with E-state index in [1.165, 1.54) is 0 Å². The minimum Gasteiger partial charge on any atom is -0.354 e. The van der Waals surface area contributed by atoms with E-state index in [1.807, 2.05) is 55.5 Å². The highest BCUT2D eigenvalue weighted by atomic mass is 16.5. The second kappa shape index (κ2) is 7.18. The van der Waals surface area contributed by atoms with Crippen molar-refractivity contribution in [3.63, 3.8) is 0 Å². The molecule has 130 valence electrons. The summed E-state index contributed by atoms with van der Waals surface area (Å²) in [5, 5.41) is 13.2. The molecule has 0 fully saturated rings. The van der Waals surface area contributed by atoms with Crippen LogP contribution >= 0.6 is 0 Å². The quantitative estimate of drug-likeness (QED) is 0.537. The topological polar surface area (TPSA) is 88.5 Å². The van der Waals surface area contributed by atoms with Crippen molar-refractivity contribution in [3.8, 4) is 40.0 Å². The first-order chi connectivity index (χ1) is 13.2. The second-order valence-electron chi connectivity index (χ2n) is 6.05. The van der Waals surface area contributed by atoms with Gasteiger partial charge in [0.15, 0.2) is 5.76 Å². The van der Waals surface area contributed by atoms with E-state index in [1.54, 1.807) is 18.6 Å². The van der Waals surface area contributed by atoms with Gasteiger partial charge in [-0.05, 0) is 19.1 Å². The number of pyridine rings is 1. The van der Waals surface area contributed by atoms with Crippen LogP contribution in [0.15, 0.2) is 71.6 Å². The lowest BCUT2D eigenvalue weighted by Crippen LogP contribution is -1.96. The number of nitriles is 1. The minimum atomic E-state index is -0.288. The molecule has 0 N–H and O–H groups in total. The zero-order chi connectivity index (χ0) is 18.6. The van der Waals surface area contributed by atoms with Crippen molar-refractivity contribution >= 4 is 0 Å². The standard InChI is InChI=1S/C21H15N5O/c1-14(11-22)17-9-16(7-8-24-17)19-12-23-13-20(25-19)21-10-18(26-27-21)15-5-3-2-4-6-15/h2-10,12-14H,1H3. The molecule has 1 atom stereocenters. The van der Waals surface area contributed by atoms with E-state index in [9.17, 15) is 0 Å². The predicted molar refractivity (Wildman–Crippen MR) is 100 cm³/mol. The van der Waals surface area contributed by atoms with Crippen molar-refractivity contribution in [1.82, 2.24) is 20.1 Å². The Balaban J connectivity index is 1.68. The Bertz CT molecular complexity index is 1110. The summed E-state index contributed by atoms with van der Waals surface area (Å²) >= 11 is 0. The lowest BCUT2D eigenvalue weighted by Gasteiger charge is -2.06. The summed E-state index contributed by atoms with van der Waals surface area (Å²) in [6.07, 6.45) is 4.99. The maximum atomic E-state index is 9.10. The number of benzene rings is 1. The molecule has 0 bridgehead atoms. The molecule has 0 spiro atoms. The van der Waals surface area contributed by atoms with Crippen LogP contribution in [0.5, 0.6) is 0 Å². The van der Waals surface area contributed by atoms with Crippen molar-refractivity contribution in [2.45, 2.75) is 12.8 Å². The smallest absolute Gasteiger partial charge is 0.187 e. The molecule has 4 aromatic rings. The van der Waals surface area contributed by atoms with Crippen LogP contribution in [0.2, 0.25) is 0 Å². The van der Waals surface area contributed by atoms with Crippen molar-refractivity contribution in [3.05, 3.63) is 72.8 Å². The van der Waals surface area contributed by atoms with Crippen molar-refractivity contribution in [2.24, 2.45) is 0 Å². The van der Waals surface area contributed by atoms with Gasteiger partial charge in [0.25, 0.3) is 0 Å². The summed E-state index contributed by atoms with van der Waals surface area (Å²) < 4.78 is 5.47. The molecule has 0 saturated heterocycles. The van der Waals surface area contributed by atoms with Crippen LogP contribution < -0.4 is 0 Å². The van der Waals surface area contributed by atoms with E-state index in [2.05, 4.69) is 26.2 Å².